The largest absolute Gasteiger partial charge is 0.462 e. The Labute approximate surface area is 102 Å². The Morgan fingerprint density at radius 1 is 1.22 bits per heavy atom. The van der Waals surface area contributed by atoms with Crippen LogP contribution in [0.1, 0.15) is 17.3 Å². The first-order valence-electron chi connectivity index (χ1n) is 4.89. The van der Waals surface area contributed by atoms with Gasteiger partial charge in [-0.25, -0.2) is 14.2 Å². The van der Waals surface area contributed by atoms with Crippen LogP contribution >= 0.6 is 7.60 Å². The SMILES string of the molecule is CCOC(=O)c1ccc(OC(=O)P(=O)(O)O)cc1. The van der Waals surface area contributed by atoms with E-state index in [1.165, 1.54) is 24.3 Å². The highest BCUT2D eigenvalue weighted by Gasteiger charge is 2.28. The fourth-order valence-corrected chi connectivity index (χ4v) is 1.26. The maximum Gasteiger partial charge on any atom is 0.433 e. The van der Waals surface area contributed by atoms with E-state index in [9.17, 15) is 14.2 Å². The molecular formula is C10H11O7P. The maximum absolute atomic E-state index is 11.3. The second-order valence-corrected chi connectivity index (χ2v) is 4.61. The molecule has 0 aliphatic carbocycles. The minimum absolute atomic E-state index is 0.0728. The van der Waals surface area contributed by atoms with Gasteiger partial charge in [-0.3, -0.25) is 0 Å². The fourth-order valence-electron chi connectivity index (χ4n) is 1.03. The number of rotatable bonds is 4. The molecule has 0 aliphatic heterocycles. The Morgan fingerprint density at radius 3 is 2.22 bits per heavy atom. The molecule has 0 bridgehead atoms. The Balaban J connectivity index is 2.75. The maximum atomic E-state index is 11.3. The van der Waals surface area contributed by atoms with E-state index in [0.29, 0.717) is 0 Å². The van der Waals surface area contributed by atoms with Crippen molar-refractivity contribution in [3.05, 3.63) is 29.8 Å². The summed E-state index contributed by atoms with van der Waals surface area (Å²) < 4.78 is 19.7. The highest BCUT2D eigenvalue weighted by atomic mass is 31.2. The average Bonchev–Trinajstić information content (AvgIpc) is 2.29. The molecule has 1 aromatic rings. The highest BCUT2D eigenvalue weighted by Crippen LogP contribution is 2.37. The number of carbonyl (C=O) groups is 2. The molecule has 0 heterocycles. The second kappa shape index (κ2) is 5.77. The van der Waals surface area contributed by atoms with Gasteiger partial charge in [0.05, 0.1) is 12.2 Å². The number of benzene rings is 1. The van der Waals surface area contributed by atoms with Crippen molar-refractivity contribution in [1.29, 1.82) is 0 Å². The van der Waals surface area contributed by atoms with Crippen LogP contribution in [0, 0.1) is 0 Å². The molecule has 0 fully saturated rings. The fraction of sp³-hybridized carbons (Fsp3) is 0.200. The molecule has 0 aliphatic rings. The third kappa shape index (κ3) is 3.96. The summed E-state index contributed by atoms with van der Waals surface area (Å²) in [4.78, 5) is 39.2. The zero-order chi connectivity index (χ0) is 13.8. The normalized spacial score (nSPS) is 10.8. The first-order valence-corrected chi connectivity index (χ1v) is 6.51. The molecule has 98 valence electrons. The summed E-state index contributed by atoms with van der Waals surface area (Å²) in [6.07, 6.45) is 0. The number of carbonyl (C=O) groups excluding carboxylic acids is 2. The van der Waals surface area contributed by atoms with Crippen LogP contribution < -0.4 is 4.74 Å². The molecule has 0 radical (unpaired) electrons. The van der Waals surface area contributed by atoms with E-state index < -0.39 is 19.3 Å². The summed E-state index contributed by atoms with van der Waals surface area (Å²) in [5.74, 6) is -0.610. The molecular weight excluding hydrogens is 263 g/mol. The van der Waals surface area contributed by atoms with E-state index in [1.54, 1.807) is 6.92 Å². The van der Waals surface area contributed by atoms with Crippen molar-refractivity contribution in [2.24, 2.45) is 0 Å². The average molecular weight is 274 g/mol. The predicted octanol–water partition coefficient (Wildman–Crippen LogP) is 1.54. The molecule has 2 N–H and O–H groups in total. The molecule has 0 saturated carbocycles. The first kappa shape index (κ1) is 14.4. The van der Waals surface area contributed by atoms with Crippen LogP contribution in [0.5, 0.6) is 5.75 Å². The van der Waals surface area contributed by atoms with Gasteiger partial charge in [0.15, 0.2) is 0 Å². The van der Waals surface area contributed by atoms with Crippen LogP contribution in [0.2, 0.25) is 0 Å². The Morgan fingerprint density at radius 2 is 1.78 bits per heavy atom. The van der Waals surface area contributed by atoms with Crippen molar-refractivity contribution >= 4 is 19.3 Å². The van der Waals surface area contributed by atoms with Gasteiger partial charge in [-0.15, -0.1) is 0 Å². The zero-order valence-corrected chi connectivity index (χ0v) is 10.3. The Hall–Kier alpha value is -1.69. The van der Waals surface area contributed by atoms with Crippen LogP contribution in [0.3, 0.4) is 0 Å². The molecule has 1 aromatic carbocycles. The lowest BCUT2D eigenvalue weighted by molar-refractivity contribution is 0.0526. The smallest absolute Gasteiger partial charge is 0.433 e. The van der Waals surface area contributed by atoms with Crippen LogP contribution in [-0.2, 0) is 9.30 Å². The van der Waals surface area contributed by atoms with Crippen molar-refractivity contribution in [1.82, 2.24) is 0 Å². The first-order chi connectivity index (χ1) is 8.34. The van der Waals surface area contributed by atoms with Crippen molar-refractivity contribution < 1.29 is 33.4 Å². The lowest BCUT2D eigenvalue weighted by atomic mass is 10.2. The molecule has 1 rings (SSSR count). The van der Waals surface area contributed by atoms with Crippen molar-refractivity contribution in [2.75, 3.05) is 6.61 Å². The van der Waals surface area contributed by atoms with E-state index in [2.05, 4.69) is 4.74 Å². The third-order valence-corrected chi connectivity index (χ3v) is 2.38. The minimum atomic E-state index is -4.92. The molecule has 0 spiro atoms. The Kier molecular flexibility index (Phi) is 4.61. The van der Waals surface area contributed by atoms with Crippen molar-refractivity contribution in [3.8, 4) is 5.75 Å². The monoisotopic (exact) mass is 274 g/mol. The molecule has 0 unspecified atom stereocenters. The minimum Gasteiger partial charge on any atom is -0.462 e. The standard InChI is InChI=1S/C10H11O7P/c1-2-16-9(11)7-3-5-8(6-4-7)17-10(12)18(13,14)15/h3-6H,2H2,1H3,(H2,13,14,15). The number of hydrogen-bond donors (Lipinski definition) is 2. The lowest BCUT2D eigenvalue weighted by Crippen LogP contribution is -2.07. The quantitative estimate of drug-likeness (QED) is 0.632. The topological polar surface area (TPSA) is 110 Å². The van der Waals surface area contributed by atoms with Gasteiger partial charge in [-0.05, 0) is 31.2 Å². The summed E-state index contributed by atoms with van der Waals surface area (Å²) in [6.45, 7) is 1.89. The molecule has 8 heteroatoms. The van der Waals surface area contributed by atoms with E-state index in [0.717, 1.165) is 0 Å². The van der Waals surface area contributed by atoms with Gasteiger partial charge in [-0.1, -0.05) is 0 Å². The predicted molar refractivity (Wildman–Crippen MR) is 60.5 cm³/mol. The van der Waals surface area contributed by atoms with Gasteiger partial charge in [0.1, 0.15) is 5.75 Å². The van der Waals surface area contributed by atoms with Crippen molar-refractivity contribution in [2.45, 2.75) is 6.92 Å². The van der Waals surface area contributed by atoms with Crippen LogP contribution in [0.4, 0.5) is 4.79 Å². The molecule has 0 atom stereocenters. The van der Waals surface area contributed by atoms with Gasteiger partial charge in [0.2, 0.25) is 0 Å². The van der Waals surface area contributed by atoms with E-state index in [-0.39, 0.29) is 17.9 Å². The number of hydrogen-bond acceptors (Lipinski definition) is 5. The second-order valence-electron chi connectivity index (χ2n) is 3.16. The highest BCUT2D eigenvalue weighted by molar-refractivity contribution is 7.69. The van der Waals surface area contributed by atoms with Gasteiger partial charge in [-0.2, -0.15) is 0 Å². The van der Waals surface area contributed by atoms with Crippen molar-refractivity contribution in [3.63, 3.8) is 0 Å². The molecule has 18 heavy (non-hydrogen) atoms. The molecule has 0 saturated heterocycles. The molecule has 7 nitrogen and oxygen atoms in total. The van der Waals surface area contributed by atoms with E-state index in [1.807, 2.05) is 0 Å². The summed E-state index contributed by atoms with van der Waals surface area (Å²) >= 11 is 0. The van der Waals surface area contributed by atoms with Gasteiger partial charge in [0.25, 0.3) is 0 Å². The number of ether oxygens (including phenoxy) is 2. The summed E-state index contributed by atoms with van der Waals surface area (Å²) in [7, 11) is -4.92. The molecule has 0 amide bonds. The Bertz CT molecular complexity index is 487. The van der Waals surface area contributed by atoms with Crippen LogP contribution in [-0.4, -0.2) is 28.1 Å². The van der Waals surface area contributed by atoms with Gasteiger partial charge in [0, 0.05) is 0 Å². The summed E-state index contributed by atoms with van der Waals surface area (Å²) in [6, 6.07) is 5.11. The van der Waals surface area contributed by atoms with E-state index >= 15 is 0 Å². The van der Waals surface area contributed by atoms with E-state index in [4.69, 9.17) is 14.5 Å². The third-order valence-electron chi connectivity index (χ3n) is 1.81. The van der Waals surface area contributed by atoms with Gasteiger partial charge < -0.3 is 19.3 Å². The molecule has 0 aromatic heterocycles. The van der Waals surface area contributed by atoms with Gasteiger partial charge >= 0.3 is 19.3 Å². The lowest BCUT2D eigenvalue weighted by Gasteiger charge is -2.06. The zero-order valence-electron chi connectivity index (χ0n) is 9.40. The number of esters is 1. The van der Waals surface area contributed by atoms with Crippen LogP contribution in [0.25, 0.3) is 0 Å². The van der Waals surface area contributed by atoms with Crippen LogP contribution in [0.15, 0.2) is 24.3 Å². The summed E-state index contributed by atoms with van der Waals surface area (Å²) in [5.41, 5.74) is -1.40. The summed E-state index contributed by atoms with van der Waals surface area (Å²) in [5, 5.41) is 0.